The standard InChI is InChI=1S/C13H14N6O4/c1-23-9-4-2-8(3-5-9)6-15-17-10(20)7-14-11-12(21)16-13(22)19-18-11/h2-6H,7H2,1H3,(H,14,18)(H,17,20)(H2,16,19,21,22)/b15-6-. The van der Waals surface area contributed by atoms with E-state index < -0.39 is 17.2 Å². The van der Waals surface area contributed by atoms with Crippen LogP contribution in [-0.2, 0) is 4.79 Å². The minimum absolute atomic E-state index is 0.168. The fraction of sp³-hybridized carbons (Fsp3) is 0.154. The van der Waals surface area contributed by atoms with Crippen LogP contribution in [0.25, 0.3) is 0 Å². The maximum absolute atomic E-state index is 11.6. The first-order valence-electron chi connectivity index (χ1n) is 6.47. The lowest BCUT2D eigenvalue weighted by molar-refractivity contribution is -0.119. The Bertz CT molecular complexity index is 808. The molecule has 10 heteroatoms. The van der Waals surface area contributed by atoms with E-state index in [9.17, 15) is 14.4 Å². The molecule has 2 aromatic rings. The van der Waals surface area contributed by atoms with Crippen molar-refractivity contribution >= 4 is 17.9 Å². The van der Waals surface area contributed by atoms with Gasteiger partial charge in [0.1, 0.15) is 5.75 Å². The van der Waals surface area contributed by atoms with Crippen molar-refractivity contribution < 1.29 is 9.53 Å². The van der Waals surface area contributed by atoms with Gasteiger partial charge in [0.15, 0.2) is 0 Å². The van der Waals surface area contributed by atoms with Gasteiger partial charge < -0.3 is 10.1 Å². The van der Waals surface area contributed by atoms with Gasteiger partial charge in [-0.2, -0.15) is 5.10 Å². The van der Waals surface area contributed by atoms with Gasteiger partial charge in [0.2, 0.25) is 5.82 Å². The number of aromatic amines is 2. The fourth-order valence-electron chi connectivity index (χ4n) is 1.54. The van der Waals surface area contributed by atoms with E-state index in [0.29, 0.717) is 5.75 Å². The number of amides is 1. The first kappa shape index (κ1) is 15.9. The van der Waals surface area contributed by atoms with Crippen LogP contribution in [0, 0.1) is 0 Å². The summed E-state index contributed by atoms with van der Waals surface area (Å²) >= 11 is 0. The molecule has 0 atom stereocenters. The predicted molar refractivity (Wildman–Crippen MR) is 82.7 cm³/mol. The minimum atomic E-state index is -0.728. The number of hydrogen-bond donors (Lipinski definition) is 4. The Morgan fingerprint density at radius 1 is 1.35 bits per heavy atom. The fourth-order valence-corrected chi connectivity index (χ4v) is 1.54. The van der Waals surface area contributed by atoms with E-state index in [-0.39, 0.29) is 12.4 Å². The number of methoxy groups -OCH3 is 1. The second-order valence-electron chi connectivity index (χ2n) is 4.28. The van der Waals surface area contributed by atoms with E-state index in [2.05, 4.69) is 20.9 Å². The average molecular weight is 318 g/mol. The number of rotatable bonds is 6. The molecule has 0 unspecified atom stereocenters. The number of carbonyl (C=O) groups excluding carboxylic acids is 1. The molecule has 0 aliphatic rings. The normalized spacial score (nSPS) is 10.5. The van der Waals surface area contributed by atoms with Gasteiger partial charge in [-0.25, -0.2) is 15.3 Å². The summed E-state index contributed by atoms with van der Waals surface area (Å²) in [6.07, 6.45) is 1.46. The van der Waals surface area contributed by atoms with Gasteiger partial charge in [0.05, 0.1) is 19.9 Å². The van der Waals surface area contributed by atoms with Crippen LogP contribution >= 0.6 is 0 Å². The first-order chi connectivity index (χ1) is 11.1. The topological polar surface area (TPSA) is 141 Å². The lowest BCUT2D eigenvalue weighted by Gasteiger charge is -2.02. The van der Waals surface area contributed by atoms with Gasteiger partial charge in [-0.15, -0.1) is 5.10 Å². The van der Waals surface area contributed by atoms with E-state index in [0.717, 1.165) is 5.56 Å². The number of benzene rings is 1. The van der Waals surface area contributed by atoms with Crippen LogP contribution in [0.2, 0.25) is 0 Å². The minimum Gasteiger partial charge on any atom is -0.497 e. The van der Waals surface area contributed by atoms with Gasteiger partial charge in [-0.05, 0) is 29.8 Å². The van der Waals surface area contributed by atoms with Crippen LogP contribution in [0.3, 0.4) is 0 Å². The molecule has 23 heavy (non-hydrogen) atoms. The number of nitrogens with zero attached hydrogens (tertiary/aromatic N) is 2. The van der Waals surface area contributed by atoms with Gasteiger partial charge >= 0.3 is 5.69 Å². The molecule has 1 heterocycles. The van der Waals surface area contributed by atoms with Crippen molar-refractivity contribution in [2.45, 2.75) is 0 Å². The Morgan fingerprint density at radius 3 is 2.74 bits per heavy atom. The third kappa shape index (κ3) is 4.81. The van der Waals surface area contributed by atoms with Crippen LogP contribution in [0.1, 0.15) is 5.56 Å². The van der Waals surface area contributed by atoms with Gasteiger partial charge in [0, 0.05) is 0 Å². The highest BCUT2D eigenvalue weighted by molar-refractivity contribution is 5.84. The molecular weight excluding hydrogens is 304 g/mol. The summed E-state index contributed by atoms with van der Waals surface area (Å²) in [4.78, 5) is 35.7. The maximum atomic E-state index is 11.6. The third-order valence-electron chi connectivity index (χ3n) is 2.65. The SMILES string of the molecule is COc1ccc(/C=N\NC(=O)CNc2n[nH]c(=O)[nH]c2=O)cc1. The zero-order chi connectivity index (χ0) is 16.7. The molecular formula is C13H14N6O4. The molecule has 2 rings (SSSR count). The number of hydrazone groups is 1. The van der Waals surface area contributed by atoms with E-state index in [1.165, 1.54) is 6.21 Å². The Balaban J connectivity index is 1.83. The molecule has 4 N–H and O–H groups in total. The second-order valence-corrected chi connectivity index (χ2v) is 4.28. The summed E-state index contributed by atoms with van der Waals surface area (Å²) in [7, 11) is 1.57. The number of H-pyrrole nitrogens is 2. The highest BCUT2D eigenvalue weighted by atomic mass is 16.5. The first-order valence-corrected chi connectivity index (χ1v) is 6.47. The summed E-state index contributed by atoms with van der Waals surface area (Å²) in [6.45, 7) is -0.234. The molecule has 10 nitrogen and oxygen atoms in total. The van der Waals surface area contributed by atoms with Crippen molar-refractivity contribution in [1.82, 2.24) is 20.6 Å². The monoisotopic (exact) mass is 318 g/mol. The molecule has 120 valence electrons. The number of nitrogens with one attached hydrogen (secondary N) is 4. The summed E-state index contributed by atoms with van der Waals surface area (Å²) in [5.41, 5.74) is 1.61. The van der Waals surface area contributed by atoms with Crippen molar-refractivity contribution in [2.75, 3.05) is 19.0 Å². The van der Waals surface area contributed by atoms with E-state index in [1.807, 2.05) is 10.1 Å². The smallest absolute Gasteiger partial charge is 0.342 e. The Kier molecular flexibility index (Phi) is 5.23. The van der Waals surface area contributed by atoms with Crippen LogP contribution < -0.4 is 26.7 Å². The van der Waals surface area contributed by atoms with Crippen molar-refractivity contribution in [3.05, 3.63) is 50.7 Å². The molecule has 0 bridgehead atoms. The molecule has 1 aromatic heterocycles. The number of aromatic nitrogens is 3. The zero-order valence-corrected chi connectivity index (χ0v) is 12.1. The Morgan fingerprint density at radius 2 is 2.09 bits per heavy atom. The van der Waals surface area contributed by atoms with Crippen molar-refractivity contribution in [1.29, 1.82) is 0 Å². The molecule has 0 saturated heterocycles. The summed E-state index contributed by atoms with van der Waals surface area (Å²) in [6, 6.07) is 7.07. The maximum Gasteiger partial charge on any atom is 0.342 e. The quantitative estimate of drug-likeness (QED) is 0.399. The highest BCUT2D eigenvalue weighted by Gasteiger charge is 2.04. The average Bonchev–Trinajstić information content (AvgIpc) is 2.54. The third-order valence-corrected chi connectivity index (χ3v) is 2.65. The van der Waals surface area contributed by atoms with Crippen molar-refractivity contribution in [3.63, 3.8) is 0 Å². The summed E-state index contributed by atoms with van der Waals surface area (Å²) in [5, 5.41) is 11.8. The van der Waals surface area contributed by atoms with Crippen LogP contribution in [0.4, 0.5) is 5.82 Å². The summed E-state index contributed by atoms with van der Waals surface area (Å²) in [5.74, 6) is 0.0649. The lowest BCUT2D eigenvalue weighted by atomic mass is 10.2. The van der Waals surface area contributed by atoms with E-state index in [1.54, 1.807) is 31.4 Å². The number of anilines is 1. The number of carbonyl (C=O) groups is 1. The van der Waals surface area contributed by atoms with Gasteiger partial charge in [0.25, 0.3) is 11.5 Å². The molecule has 0 radical (unpaired) electrons. The Labute approximate surface area is 129 Å². The molecule has 1 amide bonds. The molecule has 0 fully saturated rings. The summed E-state index contributed by atoms with van der Waals surface area (Å²) < 4.78 is 5.02. The second kappa shape index (κ2) is 7.54. The largest absolute Gasteiger partial charge is 0.497 e. The van der Waals surface area contributed by atoms with E-state index >= 15 is 0 Å². The van der Waals surface area contributed by atoms with Gasteiger partial charge in [-0.1, -0.05) is 0 Å². The zero-order valence-electron chi connectivity index (χ0n) is 12.1. The van der Waals surface area contributed by atoms with Crippen LogP contribution in [0.15, 0.2) is 39.0 Å². The molecule has 1 aromatic carbocycles. The van der Waals surface area contributed by atoms with Crippen molar-refractivity contribution in [2.24, 2.45) is 5.10 Å². The van der Waals surface area contributed by atoms with Crippen LogP contribution in [-0.4, -0.2) is 41.0 Å². The Hall–Kier alpha value is -3.43. The highest BCUT2D eigenvalue weighted by Crippen LogP contribution is 2.09. The number of ether oxygens (including phenoxy) is 1. The predicted octanol–water partition coefficient (Wildman–Crippen LogP) is -0.971. The lowest BCUT2D eigenvalue weighted by Crippen LogP contribution is -2.31. The van der Waals surface area contributed by atoms with Gasteiger partial charge in [-0.3, -0.25) is 14.6 Å². The molecule has 0 spiro atoms. The molecule has 0 aliphatic heterocycles. The number of hydrogen-bond acceptors (Lipinski definition) is 7. The van der Waals surface area contributed by atoms with Crippen LogP contribution in [0.5, 0.6) is 5.75 Å². The van der Waals surface area contributed by atoms with Crippen molar-refractivity contribution in [3.8, 4) is 5.75 Å². The van der Waals surface area contributed by atoms with E-state index in [4.69, 9.17) is 4.74 Å². The molecule has 0 aliphatic carbocycles. The molecule has 0 saturated carbocycles.